The number of para-hydroxylation sites is 2. The van der Waals surface area contributed by atoms with Crippen molar-refractivity contribution in [3.63, 3.8) is 0 Å². The number of hydrazone groups is 1. The molecule has 30 heavy (non-hydrogen) atoms. The molecule has 3 aromatic rings. The van der Waals surface area contributed by atoms with Gasteiger partial charge in [-0.25, -0.2) is 4.39 Å². The number of ether oxygens (including phenoxy) is 2. The molecule has 0 spiro atoms. The first-order chi connectivity index (χ1) is 14.7. The van der Waals surface area contributed by atoms with E-state index in [1.807, 2.05) is 71.8 Å². The van der Waals surface area contributed by atoms with Gasteiger partial charge in [-0.3, -0.25) is 5.01 Å². The molecule has 1 aliphatic rings. The highest BCUT2D eigenvalue weighted by molar-refractivity contribution is 6.01. The van der Waals surface area contributed by atoms with Crippen molar-refractivity contribution in [1.82, 2.24) is 0 Å². The second kappa shape index (κ2) is 8.82. The fourth-order valence-electron chi connectivity index (χ4n) is 3.66. The average Bonchev–Trinajstić information content (AvgIpc) is 3.22. The average molecular weight is 402 g/mol. The van der Waals surface area contributed by atoms with Gasteiger partial charge in [0.1, 0.15) is 17.3 Å². The minimum absolute atomic E-state index is 0.0970. The molecule has 0 aliphatic carbocycles. The van der Waals surface area contributed by atoms with Crippen LogP contribution in [-0.4, -0.2) is 19.9 Å². The number of hydrogen-bond acceptors (Lipinski definition) is 4. The van der Waals surface area contributed by atoms with Gasteiger partial charge in [0.05, 0.1) is 31.7 Å². The van der Waals surface area contributed by atoms with E-state index in [1.54, 1.807) is 20.3 Å². The van der Waals surface area contributed by atoms with E-state index in [1.165, 1.54) is 12.1 Å². The molecule has 0 radical (unpaired) electrons. The zero-order valence-corrected chi connectivity index (χ0v) is 17.0. The highest BCUT2D eigenvalue weighted by Gasteiger charge is 2.30. The lowest BCUT2D eigenvalue weighted by Crippen LogP contribution is -2.19. The molecule has 4 nitrogen and oxygen atoms in total. The van der Waals surface area contributed by atoms with Crippen LogP contribution in [0.15, 0.2) is 84.0 Å². The smallest absolute Gasteiger partial charge is 0.126 e. The van der Waals surface area contributed by atoms with Crippen LogP contribution in [0.1, 0.15) is 23.6 Å². The SMILES string of the molecule is COc1ccccc1C=CC1=NN(c2cccc(F)c2)[C@@H](c2ccccc2OC)C1. The molecule has 0 bridgehead atoms. The van der Waals surface area contributed by atoms with E-state index in [0.717, 1.165) is 28.3 Å². The number of halogens is 1. The number of rotatable bonds is 6. The second-order valence-electron chi connectivity index (χ2n) is 6.95. The summed E-state index contributed by atoms with van der Waals surface area (Å²) in [6.07, 6.45) is 4.65. The Hall–Kier alpha value is -3.60. The van der Waals surface area contributed by atoms with Gasteiger partial charge in [-0.2, -0.15) is 5.10 Å². The first kappa shape index (κ1) is 19.7. The lowest BCUT2D eigenvalue weighted by Gasteiger charge is -2.25. The van der Waals surface area contributed by atoms with Gasteiger partial charge >= 0.3 is 0 Å². The number of benzene rings is 3. The van der Waals surface area contributed by atoms with Gasteiger partial charge in [0.2, 0.25) is 0 Å². The minimum atomic E-state index is -0.292. The van der Waals surface area contributed by atoms with Gasteiger partial charge in [0.15, 0.2) is 0 Å². The number of anilines is 1. The largest absolute Gasteiger partial charge is 0.496 e. The van der Waals surface area contributed by atoms with Crippen LogP contribution in [0.4, 0.5) is 10.1 Å². The molecule has 0 aromatic heterocycles. The minimum Gasteiger partial charge on any atom is -0.496 e. The Morgan fingerprint density at radius 3 is 2.40 bits per heavy atom. The van der Waals surface area contributed by atoms with Gasteiger partial charge < -0.3 is 9.47 Å². The number of allylic oxidation sites excluding steroid dienone is 1. The fraction of sp³-hybridized carbons (Fsp3) is 0.160. The van der Waals surface area contributed by atoms with E-state index in [0.29, 0.717) is 12.1 Å². The standard InChI is InChI=1S/C25H23FN2O2/c1-29-24-12-5-3-8-18(24)14-15-20-17-23(22-11-4-6-13-25(22)30-2)28(27-20)21-10-7-9-19(26)16-21/h3-16,23H,17H2,1-2H3/t23-/m1/s1. The topological polar surface area (TPSA) is 34.1 Å². The molecule has 152 valence electrons. The Morgan fingerprint density at radius 2 is 1.63 bits per heavy atom. The first-order valence-electron chi connectivity index (χ1n) is 9.76. The second-order valence-corrected chi connectivity index (χ2v) is 6.95. The predicted molar refractivity (Wildman–Crippen MR) is 119 cm³/mol. The zero-order chi connectivity index (χ0) is 20.9. The zero-order valence-electron chi connectivity index (χ0n) is 17.0. The van der Waals surface area contributed by atoms with Crippen LogP contribution in [-0.2, 0) is 0 Å². The summed E-state index contributed by atoms with van der Waals surface area (Å²) in [5, 5.41) is 6.67. The van der Waals surface area contributed by atoms with Crippen molar-refractivity contribution < 1.29 is 13.9 Å². The van der Waals surface area contributed by atoms with Crippen LogP contribution in [0, 0.1) is 5.82 Å². The summed E-state index contributed by atoms with van der Waals surface area (Å²) in [5.74, 6) is 1.30. The lowest BCUT2D eigenvalue weighted by atomic mass is 9.99. The number of hydrogen-bond donors (Lipinski definition) is 0. The Balaban J connectivity index is 1.71. The van der Waals surface area contributed by atoms with Crippen LogP contribution in [0.2, 0.25) is 0 Å². The monoisotopic (exact) mass is 402 g/mol. The molecule has 0 unspecified atom stereocenters. The summed E-state index contributed by atoms with van der Waals surface area (Å²) in [6.45, 7) is 0. The van der Waals surface area contributed by atoms with E-state index < -0.39 is 0 Å². The summed E-state index contributed by atoms with van der Waals surface area (Å²) in [7, 11) is 3.31. The van der Waals surface area contributed by atoms with E-state index >= 15 is 0 Å². The van der Waals surface area contributed by atoms with Gasteiger partial charge in [-0.1, -0.05) is 42.5 Å². The molecule has 1 aliphatic heterocycles. The van der Waals surface area contributed by atoms with Gasteiger partial charge in [0, 0.05) is 17.5 Å². The highest BCUT2D eigenvalue weighted by atomic mass is 19.1. The highest BCUT2D eigenvalue weighted by Crippen LogP contribution is 2.39. The molecular weight excluding hydrogens is 379 g/mol. The quantitative estimate of drug-likeness (QED) is 0.518. The van der Waals surface area contributed by atoms with E-state index in [2.05, 4.69) is 0 Å². The Labute approximate surface area is 175 Å². The molecule has 0 saturated heterocycles. The Morgan fingerprint density at radius 1 is 0.900 bits per heavy atom. The van der Waals surface area contributed by atoms with E-state index in [4.69, 9.17) is 14.6 Å². The van der Waals surface area contributed by atoms with Crippen LogP contribution >= 0.6 is 0 Å². The summed E-state index contributed by atoms with van der Waals surface area (Å²) in [5.41, 5.74) is 3.57. The molecular formula is C25H23FN2O2. The van der Waals surface area contributed by atoms with Crippen LogP contribution in [0.25, 0.3) is 6.08 Å². The fourth-order valence-corrected chi connectivity index (χ4v) is 3.66. The Bertz CT molecular complexity index is 1090. The van der Waals surface area contributed by atoms with Gasteiger partial charge in [0.25, 0.3) is 0 Å². The summed E-state index contributed by atoms with van der Waals surface area (Å²) >= 11 is 0. The van der Waals surface area contributed by atoms with Crippen molar-refractivity contribution in [2.24, 2.45) is 5.10 Å². The van der Waals surface area contributed by atoms with Crippen molar-refractivity contribution in [3.05, 3.63) is 95.8 Å². The number of nitrogens with zero attached hydrogens (tertiary/aromatic N) is 2. The van der Waals surface area contributed by atoms with Crippen LogP contribution < -0.4 is 14.5 Å². The molecule has 0 amide bonds. The van der Waals surface area contributed by atoms with E-state index in [9.17, 15) is 4.39 Å². The van der Waals surface area contributed by atoms with Crippen molar-refractivity contribution in [2.45, 2.75) is 12.5 Å². The van der Waals surface area contributed by atoms with Crippen molar-refractivity contribution in [1.29, 1.82) is 0 Å². The summed E-state index contributed by atoms with van der Waals surface area (Å²) in [6, 6.07) is 22.1. The number of methoxy groups -OCH3 is 2. The maximum atomic E-state index is 13.9. The first-order valence-corrected chi connectivity index (χ1v) is 9.76. The van der Waals surface area contributed by atoms with Crippen molar-refractivity contribution in [2.75, 3.05) is 19.2 Å². The molecule has 5 heteroatoms. The third-order valence-electron chi connectivity index (χ3n) is 5.10. The third kappa shape index (κ3) is 4.06. The van der Waals surface area contributed by atoms with Crippen molar-refractivity contribution in [3.8, 4) is 11.5 Å². The maximum Gasteiger partial charge on any atom is 0.126 e. The normalized spacial score (nSPS) is 16.0. The predicted octanol–water partition coefficient (Wildman–Crippen LogP) is 5.86. The van der Waals surface area contributed by atoms with Gasteiger partial charge in [-0.15, -0.1) is 0 Å². The van der Waals surface area contributed by atoms with Gasteiger partial charge in [-0.05, 0) is 42.5 Å². The summed E-state index contributed by atoms with van der Waals surface area (Å²) in [4.78, 5) is 0. The maximum absolute atomic E-state index is 13.9. The molecule has 0 fully saturated rings. The van der Waals surface area contributed by atoms with Crippen LogP contribution in [0.3, 0.4) is 0 Å². The molecule has 3 aromatic carbocycles. The molecule has 0 N–H and O–H groups in total. The molecule has 4 rings (SSSR count). The van der Waals surface area contributed by atoms with Crippen molar-refractivity contribution >= 4 is 17.5 Å². The summed E-state index contributed by atoms with van der Waals surface area (Å²) < 4.78 is 24.9. The van der Waals surface area contributed by atoms with E-state index in [-0.39, 0.29) is 11.9 Å². The van der Waals surface area contributed by atoms with Crippen LogP contribution in [0.5, 0.6) is 11.5 Å². The molecule has 0 saturated carbocycles. The lowest BCUT2D eigenvalue weighted by molar-refractivity contribution is 0.405. The molecule has 1 heterocycles. The third-order valence-corrected chi connectivity index (χ3v) is 5.10. The molecule has 1 atom stereocenters. The Kier molecular flexibility index (Phi) is 5.80.